The Bertz CT molecular complexity index is 609. The number of carboxylic acid groups (broad SMARTS) is 1. The van der Waals surface area contributed by atoms with Crippen molar-refractivity contribution in [2.75, 3.05) is 0 Å². The quantitative estimate of drug-likeness (QED) is 0.937. The number of rotatable bonds is 3. The van der Waals surface area contributed by atoms with Crippen LogP contribution in [-0.2, 0) is 0 Å². The van der Waals surface area contributed by atoms with Gasteiger partial charge in [-0.05, 0) is 47.8 Å². The molecule has 94 valence electrons. The second-order valence-corrected chi connectivity index (χ2v) is 5.30. The summed E-state index contributed by atoms with van der Waals surface area (Å²) in [5.74, 6) is -0.212. The fraction of sp³-hybridized carbons (Fsp3) is 0.308. The van der Waals surface area contributed by atoms with E-state index in [9.17, 15) is 9.90 Å². The second kappa shape index (κ2) is 4.02. The first kappa shape index (κ1) is 11.6. The first-order valence-electron chi connectivity index (χ1n) is 5.78. The number of aromatic carboxylic acids is 1. The summed E-state index contributed by atoms with van der Waals surface area (Å²) in [5, 5.41) is 9.31. The van der Waals surface area contributed by atoms with Gasteiger partial charge in [0.05, 0.1) is 22.0 Å². The van der Waals surface area contributed by atoms with Crippen molar-refractivity contribution in [2.24, 2.45) is 0 Å². The molecule has 0 bridgehead atoms. The predicted molar refractivity (Wildman–Crippen MR) is 69.8 cm³/mol. The molecule has 3 rings (SSSR count). The maximum Gasteiger partial charge on any atom is 0.338 e. The molecule has 0 unspecified atom stereocenters. The van der Waals surface area contributed by atoms with Crippen molar-refractivity contribution in [3.8, 4) is 11.5 Å². The molecule has 1 aliphatic carbocycles. The van der Waals surface area contributed by atoms with E-state index in [0.717, 1.165) is 24.2 Å². The fourth-order valence-corrected chi connectivity index (χ4v) is 3.19. The number of hydrogen-bond donors (Lipinski definition) is 1. The molecule has 0 saturated heterocycles. The van der Waals surface area contributed by atoms with E-state index in [4.69, 9.17) is 4.42 Å². The smallest absolute Gasteiger partial charge is 0.338 e. The normalized spacial score (nSPS) is 15.0. The van der Waals surface area contributed by atoms with Crippen LogP contribution in [0.5, 0.6) is 0 Å². The maximum atomic E-state index is 11.3. The van der Waals surface area contributed by atoms with Crippen LogP contribution in [0.2, 0.25) is 0 Å². The summed E-state index contributed by atoms with van der Waals surface area (Å²) < 4.78 is 8.10. The zero-order valence-corrected chi connectivity index (χ0v) is 11.4. The molecule has 0 spiro atoms. The van der Waals surface area contributed by atoms with Gasteiger partial charge in [-0.2, -0.15) is 0 Å². The van der Waals surface area contributed by atoms with E-state index >= 15 is 0 Å². The summed E-state index contributed by atoms with van der Waals surface area (Å²) in [7, 11) is 0. The van der Waals surface area contributed by atoms with E-state index in [0.29, 0.717) is 21.8 Å². The van der Waals surface area contributed by atoms with Crippen LogP contribution in [0, 0.1) is 6.92 Å². The van der Waals surface area contributed by atoms with Crippen molar-refractivity contribution in [1.82, 2.24) is 4.57 Å². The Morgan fingerprint density at radius 2 is 2.28 bits per heavy atom. The third-order valence-corrected chi connectivity index (χ3v) is 4.04. The molecule has 5 heteroatoms. The monoisotopic (exact) mass is 309 g/mol. The lowest BCUT2D eigenvalue weighted by Crippen LogP contribution is -2.02. The van der Waals surface area contributed by atoms with Crippen LogP contribution < -0.4 is 0 Å². The van der Waals surface area contributed by atoms with Crippen LogP contribution in [0.4, 0.5) is 0 Å². The van der Waals surface area contributed by atoms with Crippen molar-refractivity contribution >= 4 is 21.9 Å². The Morgan fingerprint density at radius 3 is 2.78 bits per heavy atom. The first-order valence-corrected chi connectivity index (χ1v) is 6.58. The Hall–Kier alpha value is -1.49. The molecule has 0 amide bonds. The van der Waals surface area contributed by atoms with Crippen molar-refractivity contribution in [3.63, 3.8) is 0 Å². The van der Waals surface area contributed by atoms with Crippen molar-refractivity contribution < 1.29 is 14.3 Å². The minimum atomic E-state index is -0.911. The molecule has 0 radical (unpaired) electrons. The minimum Gasteiger partial charge on any atom is -0.478 e. The number of nitrogens with zero attached hydrogens (tertiary/aromatic N) is 1. The van der Waals surface area contributed by atoms with E-state index in [2.05, 4.69) is 20.5 Å². The highest BCUT2D eigenvalue weighted by atomic mass is 79.9. The number of hydrogen-bond acceptors (Lipinski definition) is 2. The van der Waals surface area contributed by atoms with Gasteiger partial charge in [-0.25, -0.2) is 4.79 Å². The molecule has 1 aliphatic rings. The Morgan fingerprint density at radius 1 is 1.56 bits per heavy atom. The Labute approximate surface area is 112 Å². The van der Waals surface area contributed by atoms with Gasteiger partial charge in [0.25, 0.3) is 0 Å². The summed E-state index contributed by atoms with van der Waals surface area (Å²) in [6.07, 6.45) is 3.78. The highest BCUT2D eigenvalue weighted by Crippen LogP contribution is 2.45. The first-order chi connectivity index (χ1) is 8.61. The number of carbonyl (C=O) groups is 1. The average Bonchev–Trinajstić information content (AvgIpc) is 2.91. The van der Waals surface area contributed by atoms with Crippen molar-refractivity contribution in [3.05, 3.63) is 34.1 Å². The molecule has 4 nitrogen and oxygen atoms in total. The molecule has 2 aromatic heterocycles. The van der Waals surface area contributed by atoms with Crippen LogP contribution in [0.1, 0.15) is 34.9 Å². The summed E-state index contributed by atoms with van der Waals surface area (Å²) in [4.78, 5) is 11.3. The van der Waals surface area contributed by atoms with Gasteiger partial charge in [-0.15, -0.1) is 0 Å². The van der Waals surface area contributed by atoms with E-state index in [-0.39, 0.29) is 0 Å². The Balaban J connectivity index is 2.29. The van der Waals surface area contributed by atoms with Gasteiger partial charge >= 0.3 is 5.97 Å². The van der Waals surface area contributed by atoms with Crippen LogP contribution in [0.25, 0.3) is 11.5 Å². The number of halogens is 1. The van der Waals surface area contributed by atoms with Crippen LogP contribution in [0.3, 0.4) is 0 Å². The van der Waals surface area contributed by atoms with Crippen LogP contribution in [0.15, 0.2) is 27.3 Å². The minimum absolute atomic E-state index is 0.327. The fourth-order valence-electron chi connectivity index (χ4n) is 2.35. The highest BCUT2D eigenvalue weighted by Gasteiger charge is 2.33. The second-order valence-electron chi connectivity index (χ2n) is 4.51. The molecular formula is C13H12BrNO3. The standard InChI is InChI=1S/C13H12BrNO3/c1-7-10(13(16)17)11(14)12(9-3-2-6-18-9)15(7)8-4-5-8/h2-3,6,8H,4-5H2,1H3,(H,16,17). The van der Waals surface area contributed by atoms with Gasteiger partial charge < -0.3 is 14.1 Å². The topological polar surface area (TPSA) is 55.4 Å². The number of carboxylic acids is 1. The lowest BCUT2D eigenvalue weighted by atomic mass is 10.2. The van der Waals surface area contributed by atoms with Gasteiger partial charge in [0, 0.05) is 11.7 Å². The molecule has 18 heavy (non-hydrogen) atoms. The van der Waals surface area contributed by atoms with Crippen LogP contribution >= 0.6 is 15.9 Å². The highest BCUT2D eigenvalue weighted by molar-refractivity contribution is 9.10. The van der Waals surface area contributed by atoms with Gasteiger partial charge in [0.2, 0.25) is 0 Å². The largest absolute Gasteiger partial charge is 0.478 e. The molecule has 1 saturated carbocycles. The molecule has 2 heterocycles. The molecule has 1 fully saturated rings. The molecule has 0 atom stereocenters. The van der Waals surface area contributed by atoms with E-state index in [1.54, 1.807) is 6.26 Å². The number of aromatic nitrogens is 1. The molecule has 0 aliphatic heterocycles. The summed E-state index contributed by atoms with van der Waals surface area (Å²) in [5.41, 5.74) is 1.94. The molecule has 2 aromatic rings. The molecule has 1 N–H and O–H groups in total. The predicted octanol–water partition coefficient (Wildman–Crippen LogP) is 3.85. The van der Waals surface area contributed by atoms with Gasteiger partial charge in [0.1, 0.15) is 0 Å². The Kier molecular flexibility index (Phi) is 2.59. The summed E-state index contributed by atoms with van der Waals surface area (Å²) in [6.45, 7) is 1.85. The molecular weight excluding hydrogens is 298 g/mol. The van der Waals surface area contributed by atoms with Gasteiger partial charge in [-0.1, -0.05) is 0 Å². The third kappa shape index (κ3) is 1.61. The van der Waals surface area contributed by atoms with E-state index in [1.165, 1.54) is 0 Å². The maximum absolute atomic E-state index is 11.3. The third-order valence-electron chi connectivity index (χ3n) is 3.27. The number of furan rings is 1. The van der Waals surface area contributed by atoms with Gasteiger partial charge in [0.15, 0.2) is 5.76 Å². The van der Waals surface area contributed by atoms with Crippen molar-refractivity contribution in [2.45, 2.75) is 25.8 Å². The lowest BCUT2D eigenvalue weighted by Gasteiger charge is -2.08. The zero-order chi connectivity index (χ0) is 12.9. The molecule has 0 aromatic carbocycles. The van der Waals surface area contributed by atoms with E-state index in [1.807, 2.05) is 19.1 Å². The summed E-state index contributed by atoms with van der Waals surface area (Å²) in [6, 6.07) is 4.06. The lowest BCUT2D eigenvalue weighted by molar-refractivity contribution is 0.0695. The summed E-state index contributed by atoms with van der Waals surface area (Å²) >= 11 is 3.41. The zero-order valence-electron chi connectivity index (χ0n) is 9.81. The van der Waals surface area contributed by atoms with Crippen LogP contribution in [-0.4, -0.2) is 15.6 Å². The average molecular weight is 310 g/mol. The van der Waals surface area contributed by atoms with Gasteiger partial charge in [-0.3, -0.25) is 0 Å². The SMILES string of the molecule is Cc1c(C(=O)O)c(Br)c(-c2ccco2)n1C1CC1. The van der Waals surface area contributed by atoms with Crippen molar-refractivity contribution in [1.29, 1.82) is 0 Å². The van der Waals surface area contributed by atoms with E-state index < -0.39 is 5.97 Å².